The Labute approximate surface area is 108 Å². The third-order valence-corrected chi connectivity index (χ3v) is 3.24. The molecular formula is C13H21N5. The van der Waals surface area contributed by atoms with Gasteiger partial charge in [-0.05, 0) is 19.4 Å². The maximum absolute atomic E-state index is 6.13. The largest absolute Gasteiger partial charge is 0.340 e. The minimum Gasteiger partial charge on any atom is -0.340 e. The molecule has 5 heteroatoms. The smallest absolute Gasteiger partial charge is 0.0947 e. The SMILES string of the molecule is CCC(C)n1ccc(CC(N)c2cn(C)cn2)n1. The highest BCUT2D eigenvalue weighted by Gasteiger charge is 2.12. The van der Waals surface area contributed by atoms with E-state index in [0.29, 0.717) is 6.04 Å². The molecule has 0 spiro atoms. The highest BCUT2D eigenvalue weighted by Crippen LogP contribution is 2.15. The number of aromatic nitrogens is 4. The van der Waals surface area contributed by atoms with E-state index in [1.807, 2.05) is 34.8 Å². The minimum atomic E-state index is -0.0912. The summed E-state index contributed by atoms with van der Waals surface area (Å²) in [4.78, 5) is 4.27. The van der Waals surface area contributed by atoms with Gasteiger partial charge in [0.25, 0.3) is 0 Å². The summed E-state index contributed by atoms with van der Waals surface area (Å²) in [5.41, 5.74) is 8.07. The number of nitrogens with two attached hydrogens (primary N) is 1. The summed E-state index contributed by atoms with van der Waals surface area (Å²) in [7, 11) is 1.95. The van der Waals surface area contributed by atoms with Crippen molar-refractivity contribution in [1.29, 1.82) is 0 Å². The van der Waals surface area contributed by atoms with Crippen LogP contribution in [0.5, 0.6) is 0 Å². The number of nitrogens with zero attached hydrogens (tertiary/aromatic N) is 4. The fraction of sp³-hybridized carbons (Fsp3) is 0.538. The molecule has 98 valence electrons. The highest BCUT2D eigenvalue weighted by atomic mass is 15.3. The van der Waals surface area contributed by atoms with Crippen LogP contribution < -0.4 is 5.73 Å². The van der Waals surface area contributed by atoms with Gasteiger partial charge in [-0.25, -0.2) is 4.98 Å². The Morgan fingerprint density at radius 2 is 2.22 bits per heavy atom. The zero-order chi connectivity index (χ0) is 13.1. The Kier molecular flexibility index (Phi) is 3.81. The first-order valence-corrected chi connectivity index (χ1v) is 6.37. The molecule has 5 nitrogen and oxygen atoms in total. The lowest BCUT2D eigenvalue weighted by atomic mass is 10.1. The molecule has 2 heterocycles. The van der Waals surface area contributed by atoms with Gasteiger partial charge in [-0.3, -0.25) is 4.68 Å². The van der Waals surface area contributed by atoms with Gasteiger partial charge in [0, 0.05) is 31.9 Å². The Morgan fingerprint density at radius 1 is 1.44 bits per heavy atom. The van der Waals surface area contributed by atoms with E-state index in [1.165, 1.54) is 0 Å². The third kappa shape index (κ3) is 2.79. The number of hydrogen-bond acceptors (Lipinski definition) is 3. The summed E-state index contributed by atoms with van der Waals surface area (Å²) in [6.07, 6.45) is 7.55. The van der Waals surface area contributed by atoms with Crippen molar-refractivity contribution < 1.29 is 0 Å². The topological polar surface area (TPSA) is 61.7 Å². The molecule has 0 fully saturated rings. The molecule has 0 aliphatic carbocycles. The molecule has 2 N–H and O–H groups in total. The second-order valence-electron chi connectivity index (χ2n) is 4.82. The van der Waals surface area contributed by atoms with E-state index < -0.39 is 0 Å². The first-order valence-electron chi connectivity index (χ1n) is 6.37. The van der Waals surface area contributed by atoms with Gasteiger partial charge < -0.3 is 10.3 Å². The van der Waals surface area contributed by atoms with Crippen LogP contribution in [0.1, 0.15) is 43.7 Å². The molecule has 2 rings (SSSR count). The predicted octanol–water partition coefficient (Wildman–Crippen LogP) is 1.83. The fourth-order valence-corrected chi connectivity index (χ4v) is 1.87. The van der Waals surface area contributed by atoms with Crippen LogP contribution in [0.2, 0.25) is 0 Å². The van der Waals surface area contributed by atoms with Crippen molar-refractivity contribution in [2.75, 3.05) is 0 Å². The van der Waals surface area contributed by atoms with Crippen LogP contribution in [-0.2, 0) is 13.5 Å². The van der Waals surface area contributed by atoms with Gasteiger partial charge in [0.15, 0.2) is 0 Å². The van der Waals surface area contributed by atoms with Crippen LogP contribution in [0.4, 0.5) is 0 Å². The third-order valence-electron chi connectivity index (χ3n) is 3.24. The maximum Gasteiger partial charge on any atom is 0.0947 e. The van der Waals surface area contributed by atoms with E-state index >= 15 is 0 Å². The zero-order valence-electron chi connectivity index (χ0n) is 11.2. The van der Waals surface area contributed by atoms with Crippen LogP contribution in [0.3, 0.4) is 0 Å². The summed E-state index contributed by atoms with van der Waals surface area (Å²) in [6.45, 7) is 4.32. The average molecular weight is 247 g/mol. The van der Waals surface area contributed by atoms with Crippen molar-refractivity contribution in [1.82, 2.24) is 19.3 Å². The monoisotopic (exact) mass is 247 g/mol. The van der Waals surface area contributed by atoms with Crippen molar-refractivity contribution in [2.45, 2.75) is 38.8 Å². The summed E-state index contributed by atoms with van der Waals surface area (Å²) in [5.74, 6) is 0. The molecule has 18 heavy (non-hydrogen) atoms. The van der Waals surface area contributed by atoms with Crippen LogP contribution in [-0.4, -0.2) is 19.3 Å². The summed E-state index contributed by atoms with van der Waals surface area (Å²) in [6, 6.07) is 2.38. The number of imidazole rings is 1. The quantitative estimate of drug-likeness (QED) is 0.876. The second-order valence-corrected chi connectivity index (χ2v) is 4.82. The molecule has 2 atom stereocenters. The fourth-order valence-electron chi connectivity index (χ4n) is 1.87. The molecule has 2 aromatic heterocycles. The predicted molar refractivity (Wildman–Crippen MR) is 71.1 cm³/mol. The molecule has 0 aliphatic heterocycles. The van der Waals surface area contributed by atoms with E-state index in [2.05, 4.69) is 23.9 Å². The molecule has 0 bridgehead atoms. The van der Waals surface area contributed by atoms with Gasteiger partial charge in [-0.15, -0.1) is 0 Å². The maximum atomic E-state index is 6.13. The second kappa shape index (κ2) is 5.35. The van der Waals surface area contributed by atoms with Crippen molar-refractivity contribution >= 4 is 0 Å². The van der Waals surface area contributed by atoms with E-state index in [1.54, 1.807) is 6.33 Å². The lowest BCUT2D eigenvalue weighted by Crippen LogP contribution is -2.14. The van der Waals surface area contributed by atoms with E-state index in [0.717, 1.165) is 24.2 Å². The zero-order valence-corrected chi connectivity index (χ0v) is 11.2. The van der Waals surface area contributed by atoms with Crippen LogP contribution >= 0.6 is 0 Å². The Hall–Kier alpha value is -1.62. The normalized spacial score (nSPS) is 14.7. The first kappa shape index (κ1) is 12.8. The van der Waals surface area contributed by atoms with Crippen molar-refractivity contribution in [3.8, 4) is 0 Å². The van der Waals surface area contributed by atoms with E-state index in [-0.39, 0.29) is 6.04 Å². The molecule has 0 aromatic carbocycles. The summed E-state index contributed by atoms with van der Waals surface area (Å²) < 4.78 is 3.91. The van der Waals surface area contributed by atoms with Gasteiger partial charge in [-0.1, -0.05) is 6.92 Å². The van der Waals surface area contributed by atoms with Crippen LogP contribution in [0.25, 0.3) is 0 Å². The van der Waals surface area contributed by atoms with Gasteiger partial charge in [-0.2, -0.15) is 5.10 Å². The Balaban J connectivity index is 2.03. The lowest BCUT2D eigenvalue weighted by Gasteiger charge is -2.09. The molecule has 0 saturated carbocycles. The molecule has 2 aromatic rings. The van der Waals surface area contributed by atoms with Crippen molar-refractivity contribution in [3.05, 3.63) is 36.2 Å². The molecule has 0 aliphatic rings. The van der Waals surface area contributed by atoms with Gasteiger partial charge in [0.2, 0.25) is 0 Å². The van der Waals surface area contributed by atoms with Crippen molar-refractivity contribution in [2.24, 2.45) is 12.8 Å². The summed E-state index contributed by atoms with van der Waals surface area (Å²) >= 11 is 0. The first-order chi connectivity index (χ1) is 8.60. The molecule has 0 saturated heterocycles. The molecule has 2 unspecified atom stereocenters. The number of hydrogen-bond donors (Lipinski definition) is 1. The standard InChI is InChI=1S/C13H21N5/c1-4-10(2)18-6-5-11(16-18)7-12(14)13-8-17(3)9-15-13/h5-6,8-10,12H,4,7,14H2,1-3H3. The molecule has 0 amide bonds. The van der Waals surface area contributed by atoms with Gasteiger partial charge in [0.1, 0.15) is 0 Å². The summed E-state index contributed by atoms with van der Waals surface area (Å²) in [5, 5.41) is 4.56. The highest BCUT2D eigenvalue weighted by molar-refractivity contribution is 5.09. The van der Waals surface area contributed by atoms with Gasteiger partial charge >= 0.3 is 0 Å². The average Bonchev–Trinajstić information content (AvgIpc) is 2.97. The lowest BCUT2D eigenvalue weighted by molar-refractivity contribution is 0.471. The molecule has 0 radical (unpaired) electrons. The minimum absolute atomic E-state index is 0.0912. The van der Waals surface area contributed by atoms with Gasteiger partial charge in [0.05, 0.1) is 23.8 Å². The van der Waals surface area contributed by atoms with Crippen LogP contribution in [0.15, 0.2) is 24.8 Å². The molecular weight excluding hydrogens is 226 g/mol. The Bertz CT molecular complexity index is 499. The Morgan fingerprint density at radius 3 is 2.83 bits per heavy atom. The number of aryl methyl sites for hydroxylation is 1. The van der Waals surface area contributed by atoms with Crippen LogP contribution in [0, 0.1) is 0 Å². The van der Waals surface area contributed by atoms with E-state index in [4.69, 9.17) is 5.73 Å². The number of rotatable bonds is 5. The van der Waals surface area contributed by atoms with E-state index in [9.17, 15) is 0 Å². The van der Waals surface area contributed by atoms with Crippen molar-refractivity contribution in [3.63, 3.8) is 0 Å².